The molecule has 0 aromatic heterocycles. The Morgan fingerprint density at radius 3 is 2.56 bits per heavy atom. The molecule has 0 bridgehead atoms. The van der Waals surface area contributed by atoms with Crippen LogP contribution in [-0.4, -0.2) is 26.9 Å². The van der Waals surface area contributed by atoms with Crippen LogP contribution in [-0.2, 0) is 10.0 Å². The summed E-state index contributed by atoms with van der Waals surface area (Å²) in [4.78, 5) is 9.80. The van der Waals surface area contributed by atoms with Crippen molar-refractivity contribution in [3.8, 4) is 0 Å². The fraction of sp³-hybridized carbons (Fsp3) is 0.400. The van der Waals surface area contributed by atoms with Crippen LogP contribution >= 0.6 is 0 Å². The highest BCUT2D eigenvalue weighted by Crippen LogP contribution is 2.26. The third kappa shape index (κ3) is 3.17. The van der Waals surface area contributed by atoms with Crippen LogP contribution in [0.5, 0.6) is 0 Å². The molecule has 0 heterocycles. The second-order valence-corrected chi connectivity index (χ2v) is 5.32. The van der Waals surface area contributed by atoms with E-state index in [9.17, 15) is 18.5 Å². The number of rotatable bonds is 6. The fourth-order valence-electron chi connectivity index (χ4n) is 1.35. The first-order valence-corrected chi connectivity index (χ1v) is 6.86. The number of nitro groups is 1. The van der Waals surface area contributed by atoms with Gasteiger partial charge >= 0.3 is 0 Å². The molecular weight excluding hydrogens is 258 g/mol. The number of anilines is 1. The number of nitro benzene ring substituents is 1. The van der Waals surface area contributed by atoms with Crippen molar-refractivity contribution in [2.75, 3.05) is 18.9 Å². The molecule has 0 spiro atoms. The molecule has 0 unspecified atom stereocenters. The van der Waals surface area contributed by atoms with E-state index < -0.39 is 20.6 Å². The van der Waals surface area contributed by atoms with Crippen molar-refractivity contribution in [2.24, 2.45) is 0 Å². The van der Waals surface area contributed by atoms with E-state index in [-0.39, 0.29) is 11.4 Å². The van der Waals surface area contributed by atoms with Crippen molar-refractivity contribution >= 4 is 21.4 Å². The molecule has 8 heteroatoms. The topological polar surface area (TPSA) is 101 Å². The minimum Gasteiger partial charge on any atom is -0.388 e. The van der Waals surface area contributed by atoms with E-state index in [2.05, 4.69) is 10.0 Å². The van der Waals surface area contributed by atoms with Gasteiger partial charge in [0.2, 0.25) is 10.0 Å². The first kappa shape index (κ1) is 14.4. The molecule has 0 aliphatic carbocycles. The first-order valence-electron chi connectivity index (χ1n) is 5.38. The SMILES string of the molecule is CCCNS(=O)(=O)c1cc(NC)ccc1[N+](=O)[O-]. The molecule has 1 aromatic carbocycles. The highest BCUT2D eigenvalue weighted by atomic mass is 32.2. The number of nitrogens with one attached hydrogen (secondary N) is 2. The molecule has 0 saturated heterocycles. The lowest BCUT2D eigenvalue weighted by Gasteiger charge is -2.08. The third-order valence-corrected chi connectivity index (χ3v) is 3.77. The minimum atomic E-state index is -3.86. The predicted molar refractivity (Wildman–Crippen MR) is 68.1 cm³/mol. The second kappa shape index (κ2) is 5.78. The summed E-state index contributed by atoms with van der Waals surface area (Å²) >= 11 is 0. The van der Waals surface area contributed by atoms with Gasteiger partial charge in [0.1, 0.15) is 0 Å². The molecule has 100 valence electrons. The monoisotopic (exact) mass is 273 g/mol. The van der Waals surface area contributed by atoms with Crippen molar-refractivity contribution in [1.82, 2.24) is 4.72 Å². The summed E-state index contributed by atoms with van der Waals surface area (Å²) in [5.74, 6) is 0. The summed E-state index contributed by atoms with van der Waals surface area (Å²) in [7, 11) is -2.25. The van der Waals surface area contributed by atoms with Crippen LogP contribution in [0.3, 0.4) is 0 Å². The molecule has 0 amide bonds. The van der Waals surface area contributed by atoms with Gasteiger partial charge < -0.3 is 5.32 Å². The molecule has 0 fully saturated rings. The Bertz CT molecular complexity index is 542. The number of hydrogen-bond donors (Lipinski definition) is 2. The second-order valence-electron chi connectivity index (χ2n) is 3.59. The number of nitrogens with zero attached hydrogens (tertiary/aromatic N) is 1. The lowest BCUT2D eigenvalue weighted by atomic mass is 10.3. The maximum absolute atomic E-state index is 11.9. The Balaban J connectivity index is 3.31. The Morgan fingerprint density at radius 1 is 1.39 bits per heavy atom. The van der Waals surface area contributed by atoms with Gasteiger partial charge in [0.25, 0.3) is 5.69 Å². The van der Waals surface area contributed by atoms with Gasteiger partial charge in [-0.2, -0.15) is 0 Å². The summed E-state index contributed by atoms with van der Waals surface area (Å²) in [6, 6.07) is 3.87. The Hall–Kier alpha value is -1.67. The molecule has 1 aromatic rings. The van der Waals surface area contributed by atoms with E-state index in [1.807, 2.05) is 0 Å². The van der Waals surface area contributed by atoms with Crippen molar-refractivity contribution in [3.05, 3.63) is 28.3 Å². The maximum atomic E-state index is 11.9. The van der Waals surface area contributed by atoms with Gasteiger partial charge in [0.15, 0.2) is 4.90 Å². The minimum absolute atomic E-state index is 0.239. The lowest BCUT2D eigenvalue weighted by Crippen LogP contribution is -2.25. The Labute approximate surface area is 105 Å². The summed E-state index contributed by atoms with van der Waals surface area (Å²) in [5, 5.41) is 13.6. The predicted octanol–water partition coefficient (Wildman–Crippen LogP) is 1.32. The number of benzene rings is 1. The summed E-state index contributed by atoms with van der Waals surface area (Å²) < 4.78 is 26.2. The molecule has 0 saturated carbocycles. The van der Waals surface area contributed by atoms with E-state index in [0.717, 1.165) is 0 Å². The molecule has 7 nitrogen and oxygen atoms in total. The van der Waals surface area contributed by atoms with E-state index in [1.165, 1.54) is 18.2 Å². The highest BCUT2D eigenvalue weighted by Gasteiger charge is 2.25. The molecule has 0 aliphatic heterocycles. The van der Waals surface area contributed by atoms with Crippen LogP contribution in [0.4, 0.5) is 11.4 Å². The Morgan fingerprint density at radius 2 is 2.06 bits per heavy atom. The van der Waals surface area contributed by atoms with Crippen molar-refractivity contribution in [2.45, 2.75) is 18.2 Å². The van der Waals surface area contributed by atoms with E-state index in [4.69, 9.17) is 0 Å². The zero-order chi connectivity index (χ0) is 13.8. The number of hydrogen-bond acceptors (Lipinski definition) is 5. The zero-order valence-corrected chi connectivity index (χ0v) is 11.0. The molecule has 0 atom stereocenters. The smallest absolute Gasteiger partial charge is 0.289 e. The van der Waals surface area contributed by atoms with Gasteiger partial charge in [-0.05, 0) is 18.6 Å². The lowest BCUT2D eigenvalue weighted by molar-refractivity contribution is -0.387. The number of sulfonamides is 1. The average molecular weight is 273 g/mol. The van der Waals surface area contributed by atoms with Crippen LogP contribution in [0.15, 0.2) is 23.1 Å². The van der Waals surface area contributed by atoms with Crippen LogP contribution in [0.1, 0.15) is 13.3 Å². The molecule has 0 radical (unpaired) electrons. The van der Waals surface area contributed by atoms with Gasteiger partial charge in [0.05, 0.1) is 4.92 Å². The largest absolute Gasteiger partial charge is 0.388 e. The summed E-state index contributed by atoms with van der Waals surface area (Å²) in [6.07, 6.45) is 0.610. The fourth-order valence-corrected chi connectivity index (χ4v) is 2.68. The molecule has 0 aliphatic rings. The van der Waals surface area contributed by atoms with E-state index in [1.54, 1.807) is 14.0 Å². The quantitative estimate of drug-likeness (QED) is 0.601. The van der Waals surface area contributed by atoms with Gasteiger partial charge in [-0.1, -0.05) is 6.92 Å². The van der Waals surface area contributed by atoms with E-state index >= 15 is 0 Å². The van der Waals surface area contributed by atoms with Crippen LogP contribution in [0, 0.1) is 10.1 Å². The van der Waals surface area contributed by atoms with Crippen molar-refractivity contribution in [1.29, 1.82) is 0 Å². The Kier molecular flexibility index (Phi) is 4.62. The van der Waals surface area contributed by atoms with Crippen molar-refractivity contribution < 1.29 is 13.3 Å². The van der Waals surface area contributed by atoms with Crippen LogP contribution in [0.25, 0.3) is 0 Å². The van der Waals surface area contributed by atoms with Crippen LogP contribution < -0.4 is 10.0 Å². The third-order valence-electron chi connectivity index (χ3n) is 2.28. The van der Waals surface area contributed by atoms with Crippen LogP contribution in [0.2, 0.25) is 0 Å². The first-order chi connectivity index (χ1) is 8.42. The summed E-state index contributed by atoms with van der Waals surface area (Å²) in [5.41, 5.74) is 0.0649. The molecule has 2 N–H and O–H groups in total. The average Bonchev–Trinajstić information content (AvgIpc) is 2.35. The molecule has 18 heavy (non-hydrogen) atoms. The highest BCUT2D eigenvalue weighted by molar-refractivity contribution is 7.89. The zero-order valence-electron chi connectivity index (χ0n) is 10.1. The van der Waals surface area contributed by atoms with E-state index in [0.29, 0.717) is 12.1 Å². The molecule has 1 rings (SSSR count). The normalized spacial score (nSPS) is 11.2. The standard InChI is InChI=1S/C10H15N3O4S/c1-3-6-12-18(16,17)10-7-8(11-2)4-5-9(10)13(14)15/h4-5,7,11-12H,3,6H2,1-2H3. The van der Waals surface area contributed by atoms with Gasteiger partial charge in [0, 0.05) is 25.3 Å². The van der Waals surface area contributed by atoms with Crippen molar-refractivity contribution in [3.63, 3.8) is 0 Å². The van der Waals surface area contributed by atoms with Gasteiger partial charge in [-0.15, -0.1) is 0 Å². The molecular formula is C10H15N3O4S. The van der Waals surface area contributed by atoms with Gasteiger partial charge in [-0.3, -0.25) is 10.1 Å². The maximum Gasteiger partial charge on any atom is 0.289 e. The summed E-state index contributed by atoms with van der Waals surface area (Å²) in [6.45, 7) is 2.05. The van der Waals surface area contributed by atoms with Gasteiger partial charge in [-0.25, -0.2) is 13.1 Å².